The zero-order chi connectivity index (χ0) is 20.8. The molecule has 4 rings (SSSR count). The number of hydrogen-bond acceptors (Lipinski definition) is 4. The minimum absolute atomic E-state index is 0.202. The van der Waals surface area contributed by atoms with E-state index in [1.54, 1.807) is 13.2 Å². The Labute approximate surface area is 175 Å². The average Bonchev–Trinajstić information content (AvgIpc) is 2.81. The zero-order valence-electron chi connectivity index (χ0n) is 16.7. The van der Waals surface area contributed by atoms with Gasteiger partial charge in [-0.2, -0.15) is 0 Å². The second-order valence-electron chi connectivity index (χ2n) is 6.90. The Morgan fingerprint density at radius 1 is 0.733 bits per heavy atom. The van der Waals surface area contributed by atoms with E-state index in [2.05, 4.69) is 0 Å². The predicted octanol–water partition coefficient (Wildman–Crippen LogP) is 5.78. The second-order valence-corrected chi connectivity index (χ2v) is 6.90. The number of esters is 1. The molecule has 0 bridgehead atoms. The number of benzene rings is 4. The lowest BCUT2D eigenvalue weighted by atomic mass is 10.1. The first-order valence-corrected chi connectivity index (χ1v) is 9.72. The third kappa shape index (κ3) is 4.61. The molecule has 150 valence electrons. The molecular weight excluding hydrogens is 376 g/mol. The fraction of sp³-hybridized carbons (Fsp3) is 0.115. The molecule has 0 heterocycles. The molecule has 4 aromatic rings. The van der Waals surface area contributed by atoms with Crippen molar-refractivity contribution < 1.29 is 19.0 Å². The number of carbonyl (C=O) groups is 1. The van der Waals surface area contributed by atoms with Crippen LogP contribution in [0.15, 0.2) is 91.0 Å². The highest BCUT2D eigenvalue weighted by atomic mass is 16.5. The SMILES string of the molecule is COc1ccc2cc(OCc3ccccc3)c(C(=O)OCc3ccccc3)cc2c1. The van der Waals surface area contributed by atoms with E-state index in [-0.39, 0.29) is 6.61 Å². The molecule has 30 heavy (non-hydrogen) atoms. The molecule has 0 amide bonds. The Hall–Kier alpha value is -3.79. The van der Waals surface area contributed by atoms with Gasteiger partial charge >= 0.3 is 5.97 Å². The first-order chi connectivity index (χ1) is 14.7. The molecule has 4 nitrogen and oxygen atoms in total. The van der Waals surface area contributed by atoms with E-state index >= 15 is 0 Å². The van der Waals surface area contributed by atoms with Crippen LogP contribution >= 0.6 is 0 Å². The van der Waals surface area contributed by atoms with Crippen LogP contribution in [0.4, 0.5) is 0 Å². The van der Waals surface area contributed by atoms with Crippen LogP contribution in [0.1, 0.15) is 21.5 Å². The van der Waals surface area contributed by atoms with Gasteiger partial charge in [-0.05, 0) is 46.2 Å². The number of methoxy groups -OCH3 is 1. The minimum atomic E-state index is -0.424. The Kier molecular flexibility index (Phi) is 5.95. The van der Waals surface area contributed by atoms with Gasteiger partial charge in [0.2, 0.25) is 0 Å². The molecule has 4 aromatic carbocycles. The molecule has 4 heteroatoms. The standard InChI is InChI=1S/C26H22O4/c1-28-23-13-12-21-16-25(29-17-19-8-4-2-5-9-19)24(15-22(21)14-23)26(27)30-18-20-10-6-3-7-11-20/h2-16H,17-18H2,1H3. The van der Waals surface area contributed by atoms with Crippen molar-refractivity contribution in [2.24, 2.45) is 0 Å². The van der Waals surface area contributed by atoms with Crippen LogP contribution in [0.2, 0.25) is 0 Å². The average molecular weight is 398 g/mol. The molecule has 0 atom stereocenters. The molecule has 0 radical (unpaired) electrons. The summed E-state index contributed by atoms with van der Waals surface area (Å²) in [6, 6.07) is 28.8. The van der Waals surface area contributed by atoms with E-state index in [0.717, 1.165) is 27.6 Å². The number of fused-ring (bicyclic) bond motifs is 1. The maximum absolute atomic E-state index is 12.9. The molecule has 0 N–H and O–H groups in total. The number of carbonyl (C=O) groups excluding carboxylic acids is 1. The van der Waals surface area contributed by atoms with Gasteiger partial charge in [0, 0.05) is 0 Å². The van der Waals surface area contributed by atoms with Crippen molar-refractivity contribution in [3.63, 3.8) is 0 Å². The third-order valence-corrected chi connectivity index (χ3v) is 4.82. The summed E-state index contributed by atoms with van der Waals surface area (Å²) in [7, 11) is 1.62. The van der Waals surface area contributed by atoms with Crippen molar-refractivity contribution in [1.29, 1.82) is 0 Å². The first kappa shape index (κ1) is 19.5. The van der Waals surface area contributed by atoms with E-state index in [1.807, 2.05) is 84.9 Å². The van der Waals surface area contributed by atoms with Crippen molar-refractivity contribution in [3.05, 3.63) is 108 Å². The molecule has 0 spiro atoms. The van der Waals surface area contributed by atoms with E-state index in [4.69, 9.17) is 14.2 Å². The summed E-state index contributed by atoms with van der Waals surface area (Å²) in [5.74, 6) is 0.797. The molecule has 0 fully saturated rings. The normalized spacial score (nSPS) is 10.6. The smallest absolute Gasteiger partial charge is 0.342 e. The van der Waals surface area contributed by atoms with Crippen LogP contribution < -0.4 is 9.47 Å². The van der Waals surface area contributed by atoms with Crippen LogP contribution in [0.3, 0.4) is 0 Å². The number of rotatable bonds is 7. The van der Waals surface area contributed by atoms with Gasteiger partial charge in [-0.15, -0.1) is 0 Å². The van der Waals surface area contributed by atoms with Gasteiger partial charge < -0.3 is 14.2 Å². The molecule has 0 aromatic heterocycles. The van der Waals surface area contributed by atoms with Crippen molar-refractivity contribution in [1.82, 2.24) is 0 Å². The van der Waals surface area contributed by atoms with Crippen molar-refractivity contribution >= 4 is 16.7 Å². The molecule has 0 aliphatic carbocycles. The van der Waals surface area contributed by atoms with Crippen molar-refractivity contribution in [2.75, 3.05) is 7.11 Å². The summed E-state index contributed by atoms with van der Waals surface area (Å²) in [5, 5.41) is 1.84. The maximum Gasteiger partial charge on any atom is 0.342 e. The summed E-state index contributed by atoms with van der Waals surface area (Å²) < 4.78 is 16.9. The minimum Gasteiger partial charge on any atom is -0.497 e. The fourth-order valence-corrected chi connectivity index (χ4v) is 3.20. The first-order valence-electron chi connectivity index (χ1n) is 9.72. The lowest BCUT2D eigenvalue weighted by molar-refractivity contribution is 0.0468. The van der Waals surface area contributed by atoms with Crippen LogP contribution in [-0.4, -0.2) is 13.1 Å². The van der Waals surface area contributed by atoms with Crippen LogP contribution in [0, 0.1) is 0 Å². The topological polar surface area (TPSA) is 44.8 Å². The molecule has 0 unspecified atom stereocenters. The molecule has 0 aliphatic rings. The van der Waals surface area contributed by atoms with Crippen LogP contribution in [0.25, 0.3) is 10.8 Å². The summed E-state index contributed by atoms with van der Waals surface area (Å²) in [6.45, 7) is 0.565. The maximum atomic E-state index is 12.9. The number of ether oxygens (including phenoxy) is 3. The van der Waals surface area contributed by atoms with Gasteiger partial charge in [-0.25, -0.2) is 4.79 Å². The lowest BCUT2D eigenvalue weighted by Gasteiger charge is -2.14. The van der Waals surface area contributed by atoms with Gasteiger partial charge in [0.05, 0.1) is 7.11 Å². The van der Waals surface area contributed by atoms with Gasteiger partial charge in [0.25, 0.3) is 0 Å². The van der Waals surface area contributed by atoms with Crippen molar-refractivity contribution in [3.8, 4) is 11.5 Å². The lowest BCUT2D eigenvalue weighted by Crippen LogP contribution is -2.08. The summed E-state index contributed by atoms with van der Waals surface area (Å²) in [6.07, 6.45) is 0. The van der Waals surface area contributed by atoms with Gasteiger partial charge in [0.15, 0.2) is 0 Å². The molecular formula is C26H22O4. The zero-order valence-corrected chi connectivity index (χ0v) is 16.7. The van der Waals surface area contributed by atoms with Gasteiger partial charge in [-0.1, -0.05) is 66.7 Å². The Balaban J connectivity index is 1.63. The summed E-state index contributed by atoms with van der Waals surface area (Å²) in [4.78, 5) is 12.9. The summed E-state index contributed by atoms with van der Waals surface area (Å²) >= 11 is 0. The quantitative estimate of drug-likeness (QED) is 0.370. The van der Waals surface area contributed by atoms with Crippen LogP contribution in [0.5, 0.6) is 11.5 Å². The second kappa shape index (κ2) is 9.14. The van der Waals surface area contributed by atoms with Crippen LogP contribution in [-0.2, 0) is 18.0 Å². The van der Waals surface area contributed by atoms with E-state index in [1.165, 1.54) is 0 Å². The van der Waals surface area contributed by atoms with E-state index in [0.29, 0.717) is 17.9 Å². The monoisotopic (exact) mass is 398 g/mol. The van der Waals surface area contributed by atoms with Gasteiger partial charge in [-0.3, -0.25) is 0 Å². The summed E-state index contributed by atoms with van der Waals surface area (Å²) in [5.41, 5.74) is 2.35. The Morgan fingerprint density at radius 3 is 2.07 bits per heavy atom. The van der Waals surface area contributed by atoms with E-state index < -0.39 is 5.97 Å². The highest BCUT2D eigenvalue weighted by Crippen LogP contribution is 2.30. The third-order valence-electron chi connectivity index (χ3n) is 4.82. The van der Waals surface area contributed by atoms with Crippen molar-refractivity contribution in [2.45, 2.75) is 13.2 Å². The highest BCUT2D eigenvalue weighted by molar-refractivity contribution is 5.99. The highest BCUT2D eigenvalue weighted by Gasteiger charge is 2.17. The predicted molar refractivity (Wildman–Crippen MR) is 117 cm³/mol. The molecule has 0 aliphatic heterocycles. The molecule has 0 saturated carbocycles. The fourth-order valence-electron chi connectivity index (χ4n) is 3.20. The van der Waals surface area contributed by atoms with E-state index in [9.17, 15) is 4.79 Å². The van der Waals surface area contributed by atoms with Gasteiger partial charge in [0.1, 0.15) is 30.3 Å². The number of hydrogen-bond donors (Lipinski definition) is 0. The Morgan fingerprint density at radius 2 is 1.40 bits per heavy atom. The molecule has 0 saturated heterocycles. The Bertz CT molecular complexity index is 1140. The largest absolute Gasteiger partial charge is 0.497 e.